The van der Waals surface area contributed by atoms with Gasteiger partial charge in [-0.2, -0.15) is 0 Å². The first-order chi connectivity index (χ1) is 9.13. The molecular formula is C15H12BrCl2N. The van der Waals surface area contributed by atoms with E-state index in [1.165, 1.54) is 11.1 Å². The normalized spacial score (nSPS) is 17.3. The van der Waals surface area contributed by atoms with Crippen LogP contribution in [0.25, 0.3) is 0 Å². The Morgan fingerprint density at radius 1 is 1.05 bits per heavy atom. The quantitative estimate of drug-likeness (QED) is 0.766. The Hall–Kier alpha value is -0.700. The highest BCUT2D eigenvalue weighted by Gasteiger charge is 2.22. The third kappa shape index (κ3) is 2.76. The lowest BCUT2D eigenvalue weighted by Gasteiger charge is -2.15. The van der Waals surface area contributed by atoms with E-state index in [9.17, 15) is 0 Å². The van der Waals surface area contributed by atoms with Gasteiger partial charge in [-0.1, -0.05) is 35.3 Å². The summed E-state index contributed by atoms with van der Waals surface area (Å²) < 4.78 is 0.922. The van der Waals surface area contributed by atoms with Crippen LogP contribution in [0.3, 0.4) is 0 Å². The number of benzene rings is 2. The molecule has 4 heteroatoms. The van der Waals surface area contributed by atoms with E-state index in [1.54, 1.807) is 0 Å². The van der Waals surface area contributed by atoms with Crippen molar-refractivity contribution in [1.82, 2.24) is 0 Å². The Morgan fingerprint density at radius 3 is 2.68 bits per heavy atom. The fourth-order valence-electron chi connectivity index (χ4n) is 2.52. The van der Waals surface area contributed by atoms with Gasteiger partial charge in [0.25, 0.3) is 0 Å². The van der Waals surface area contributed by atoms with Crippen molar-refractivity contribution in [3.05, 3.63) is 62.0 Å². The van der Waals surface area contributed by atoms with Gasteiger partial charge in [-0.3, -0.25) is 0 Å². The molecule has 2 aromatic carbocycles. The summed E-state index contributed by atoms with van der Waals surface area (Å²) in [5.74, 6) is 0. The summed E-state index contributed by atoms with van der Waals surface area (Å²) in [5.41, 5.74) is 3.75. The standard InChI is InChI=1S/C15H12BrCl2N/c16-15-13(18)2-1-3-14(15)19-12-7-9-4-5-11(17)6-10(9)8-12/h1-6,12,19H,7-8H2. The van der Waals surface area contributed by atoms with Crippen LogP contribution in [0.4, 0.5) is 5.69 Å². The summed E-state index contributed by atoms with van der Waals surface area (Å²) in [6.45, 7) is 0. The first kappa shape index (κ1) is 13.3. The zero-order valence-electron chi connectivity index (χ0n) is 10.1. The second kappa shape index (κ2) is 5.35. The molecule has 0 amide bonds. The SMILES string of the molecule is Clc1ccc2c(c1)CC(Nc1cccc(Cl)c1Br)C2. The molecule has 2 aromatic rings. The Balaban J connectivity index is 1.79. The van der Waals surface area contributed by atoms with Crippen molar-refractivity contribution in [2.24, 2.45) is 0 Å². The number of hydrogen-bond donors (Lipinski definition) is 1. The Labute approximate surface area is 131 Å². The van der Waals surface area contributed by atoms with E-state index in [4.69, 9.17) is 23.2 Å². The fraction of sp³-hybridized carbons (Fsp3) is 0.200. The van der Waals surface area contributed by atoms with Gasteiger partial charge >= 0.3 is 0 Å². The Kier molecular flexibility index (Phi) is 3.75. The van der Waals surface area contributed by atoms with Gasteiger partial charge in [0.15, 0.2) is 0 Å². The molecule has 1 nitrogen and oxygen atoms in total. The lowest BCUT2D eigenvalue weighted by molar-refractivity contribution is 0.774. The molecule has 0 saturated heterocycles. The van der Waals surface area contributed by atoms with Crippen LogP contribution in [-0.2, 0) is 12.8 Å². The van der Waals surface area contributed by atoms with Crippen molar-refractivity contribution in [1.29, 1.82) is 0 Å². The number of nitrogens with one attached hydrogen (secondary N) is 1. The molecule has 0 aromatic heterocycles. The van der Waals surface area contributed by atoms with E-state index in [1.807, 2.05) is 24.3 Å². The largest absolute Gasteiger partial charge is 0.381 e. The van der Waals surface area contributed by atoms with E-state index in [2.05, 4.69) is 33.4 Å². The summed E-state index contributed by atoms with van der Waals surface area (Å²) in [6, 6.07) is 12.4. The monoisotopic (exact) mass is 355 g/mol. The minimum Gasteiger partial charge on any atom is -0.381 e. The molecule has 19 heavy (non-hydrogen) atoms. The van der Waals surface area contributed by atoms with E-state index in [0.29, 0.717) is 6.04 Å². The number of rotatable bonds is 2. The molecule has 0 radical (unpaired) electrons. The van der Waals surface area contributed by atoms with Crippen molar-refractivity contribution in [2.45, 2.75) is 18.9 Å². The highest BCUT2D eigenvalue weighted by molar-refractivity contribution is 9.10. The van der Waals surface area contributed by atoms with E-state index < -0.39 is 0 Å². The lowest BCUT2D eigenvalue weighted by Crippen LogP contribution is -2.19. The molecule has 1 aliphatic carbocycles. The van der Waals surface area contributed by atoms with Gasteiger partial charge in [-0.25, -0.2) is 0 Å². The molecule has 3 rings (SSSR count). The van der Waals surface area contributed by atoms with Crippen molar-refractivity contribution in [3.8, 4) is 0 Å². The highest BCUT2D eigenvalue weighted by atomic mass is 79.9. The van der Waals surface area contributed by atoms with E-state index in [0.717, 1.165) is 33.0 Å². The van der Waals surface area contributed by atoms with Crippen LogP contribution in [0.5, 0.6) is 0 Å². The summed E-state index contributed by atoms with van der Waals surface area (Å²) in [4.78, 5) is 0. The molecule has 0 heterocycles. The maximum Gasteiger partial charge on any atom is 0.0593 e. The number of fused-ring (bicyclic) bond motifs is 1. The molecule has 0 bridgehead atoms. The molecule has 98 valence electrons. The van der Waals surface area contributed by atoms with Crippen LogP contribution in [0.1, 0.15) is 11.1 Å². The van der Waals surface area contributed by atoms with Crippen molar-refractivity contribution in [3.63, 3.8) is 0 Å². The molecule has 0 fully saturated rings. The third-order valence-corrected chi connectivity index (χ3v) is 5.04. The molecule has 1 atom stereocenters. The van der Waals surface area contributed by atoms with Gasteiger partial charge in [-0.05, 0) is 64.2 Å². The van der Waals surface area contributed by atoms with Crippen LogP contribution >= 0.6 is 39.1 Å². The van der Waals surface area contributed by atoms with Crippen LogP contribution in [0.2, 0.25) is 10.0 Å². The molecule has 0 spiro atoms. The topological polar surface area (TPSA) is 12.0 Å². The third-order valence-electron chi connectivity index (χ3n) is 3.41. The van der Waals surface area contributed by atoms with Crippen LogP contribution < -0.4 is 5.32 Å². The predicted octanol–water partition coefficient (Wildman–Crippen LogP) is 5.34. The zero-order chi connectivity index (χ0) is 13.4. The van der Waals surface area contributed by atoms with Crippen LogP contribution in [-0.4, -0.2) is 6.04 Å². The molecule has 1 N–H and O–H groups in total. The maximum atomic E-state index is 6.10. The van der Waals surface area contributed by atoms with E-state index in [-0.39, 0.29) is 0 Å². The van der Waals surface area contributed by atoms with Gasteiger partial charge < -0.3 is 5.32 Å². The Morgan fingerprint density at radius 2 is 1.84 bits per heavy atom. The first-order valence-corrected chi connectivity index (χ1v) is 7.66. The average molecular weight is 357 g/mol. The summed E-state index contributed by atoms with van der Waals surface area (Å²) in [7, 11) is 0. The van der Waals surface area contributed by atoms with Gasteiger partial charge in [0, 0.05) is 11.1 Å². The first-order valence-electron chi connectivity index (χ1n) is 6.11. The molecule has 0 aliphatic heterocycles. The van der Waals surface area contributed by atoms with Gasteiger partial charge in [0.05, 0.1) is 15.2 Å². The zero-order valence-corrected chi connectivity index (χ0v) is 13.2. The van der Waals surface area contributed by atoms with Crippen LogP contribution in [0, 0.1) is 0 Å². The summed E-state index contributed by atoms with van der Waals surface area (Å²) in [6.07, 6.45) is 2.01. The Bertz CT molecular complexity index is 628. The number of anilines is 1. The second-order valence-corrected chi connectivity index (χ2v) is 6.40. The smallest absolute Gasteiger partial charge is 0.0593 e. The van der Waals surface area contributed by atoms with Crippen LogP contribution in [0.15, 0.2) is 40.9 Å². The van der Waals surface area contributed by atoms with Crippen molar-refractivity contribution >= 4 is 44.8 Å². The molecule has 1 unspecified atom stereocenters. The van der Waals surface area contributed by atoms with Gasteiger partial charge in [0.2, 0.25) is 0 Å². The molecule has 1 aliphatic rings. The van der Waals surface area contributed by atoms with Gasteiger partial charge in [-0.15, -0.1) is 0 Å². The van der Waals surface area contributed by atoms with E-state index >= 15 is 0 Å². The minimum atomic E-state index is 0.392. The highest BCUT2D eigenvalue weighted by Crippen LogP contribution is 2.33. The number of hydrogen-bond acceptors (Lipinski definition) is 1. The molecular weight excluding hydrogens is 345 g/mol. The molecule has 0 saturated carbocycles. The minimum absolute atomic E-state index is 0.392. The number of halogens is 3. The van der Waals surface area contributed by atoms with Crippen molar-refractivity contribution < 1.29 is 0 Å². The predicted molar refractivity (Wildman–Crippen MR) is 85.4 cm³/mol. The summed E-state index contributed by atoms with van der Waals surface area (Å²) in [5, 5.41) is 5.08. The van der Waals surface area contributed by atoms with Crippen molar-refractivity contribution in [2.75, 3.05) is 5.32 Å². The lowest BCUT2D eigenvalue weighted by atomic mass is 10.1. The fourth-order valence-corrected chi connectivity index (χ4v) is 3.27. The van der Waals surface area contributed by atoms with Gasteiger partial charge in [0.1, 0.15) is 0 Å². The maximum absolute atomic E-state index is 6.10. The average Bonchev–Trinajstić information content (AvgIpc) is 2.76. The summed E-state index contributed by atoms with van der Waals surface area (Å²) >= 11 is 15.7. The second-order valence-electron chi connectivity index (χ2n) is 4.76.